The van der Waals surface area contributed by atoms with Gasteiger partial charge in [0.25, 0.3) is 0 Å². The standard InChI is InChI=1S/C6H8O6/c1-4(7)11-6(9)3-10-12-5(2)8/h3H2,1-2H3. The fourth-order valence-corrected chi connectivity index (χ4v) is 0.350. The average Bonchev–Trinajstić information content (AvgIpc) is 1.84. The van der Waals surface area contributed by atoms with Crippen LogP contribution in [0.15, 0.2) is 0 Å². The van der Waals surface area contributed by atoms with E-state index >= 15 is 0 Å². The molecule has 0 bridgehead atoms. The quantitative estimate of drug-likeness (QED) is 0.251. The Morgan fingerprint density at radius 2 is 1.67 bits per heavy atom. The summed E-state index contributed by atoms with van der Waals surface area (Å²) in [7, 11) is 0. The summed E-state index contributed by atoms with van der Waals surface area (Å²) in [4.78, 5) is 38.7. The molecule has 0 atom stereocenters. The average molecular weight is 176 g/mol. The number of hydrogen-bond acceptors (Lipinski definition) is 6. The summed E-state index contributed by atoms with van der Waals surface area (Å²) < 4.78 is 4.04. The van der Waals surface area contributed by atoms with Crippen molar-refractivity contribution >= 4 is 17.9 Å². The number of carbonyl (C=O) groups is 3. The van der Waals surface area contributed by atoms with Crippen molar-refractivity contribution in [1.29, 1.82) is 0 Å². The number of hydrogen-bond donors (Lipinski definition) is 0. The van der Waals surface area contributed by atoms with E-state index in [1.54, 1.807) is 0 Å². The Labute approximate surface area is 68.3 Å². The van der Waals surface area contributed by atoms with Crippen LogP contribution in [0.5, 0.6) is 0 Å². The minimum atomic E-state index is -0.913. The molecule has 0 aromatic rings. The van der Waals surface area contributed by atoms with Crippen molar-refractivity contribution in [3.8, 4) is 0 Å². The zero-order chi connectivity index (χ0) is 9.56. The molecule has 0 spiro atoms. The first-order valence-electron chi connectivity index (χ1n) is 3.03. The minimum absolute atomic E-state index is 0.598. The summed E-state index contributed by atoms with van der Waals surface area (Å²) in [5.74, 6) is -2.35. The monoisotopic (exact) mass is 176 g/mol. The molecule has 0 heterocycles. The van der Waals surface area contributed by atoms with Gasteiger partial charge in [0, 0.05) is 13.8 Å². The molecule has 0 fully saturated rings. The highest BCUT2D eigenvalue weighted by Crippen LogP contribution is 1.84. The Hall–Kier alpha value is -1.43. The molecule has 0 radical (unpaired) electrons. The summed E-state index contributed by atoms with van der Waals surface area (Å²) in [6.45, 7) is 1.58. The van der Waals surface area contributed by atoms with Gasteiger partial charge in [-0.3, -0.25) is 9.68 Å². The lowest BCUT2D eigenvalue weighted by Crippen LogP contribution is -2.16. The van der Waals surface area contributed by atoms with Gasteiger partial charge >= 0.3 is 17.9 Å². The van der Waals surface area contributed by atoms with Crippen LogP contribution >= 0.6 is 0 Å². The molecule has 0 saturated heterocycles. The lowest BCUT2D eigenvalue weighted by molar-refractivity contribution is -0.269. The van der Waals surface area contributed by atoms with Gasteiger partial charge in [-0.15, -0.1) is 0 Å². The van der Waals surface area contributed by atoms with Crippen LogP contribution in [-0.2, 0) is 28.9 Å². The van der Waals surface area contributed by atoms with Crippen molar-refractivity contribution in [1.82, 2.24) is 0 Å². The molecule has 0 amide bonds. The molecule has 0 aromatic heterocycles. The second-order valence-electron chi connectivity index (χ2n) is 1.80. The van der Waals surface area contributed by atoms with E-state index in [9.17, 15) is 14.4 Å². The molecule has 6 heteroatoms. The van der Waals surface area contributed by atoms with Gasteiger partial charge in [0.1, 0.15) is 0 Å². The molecule has 0 aliphatic rings. The zero-order valence-corrected chi connectivity index (χ0v) is 6.66. The molecule has 0 aliphatic heterocycles. The molecule has 0 N–H and O–H groups in total. The van der Waals surface area contributed by atoms with Crippen molar-refractivity contribution in [3.05, 3.63) is 0 Å². The van der Waals surface area contributed by atoms with Crippen LogP contribution < -0.4 is 0 Å². The normalized spacial score (nSPS) is 8.83. The topological polar surface area (TPSA) is 78.9 Å². The van der Waals surface area contributed by atoms with Crippen LogP contribution in [0, 0.1) is 0 Å². The zero-order valence-electron chi connectivity index (χ0n) is 6.66. The van der Waals surface area contributed by atoms with Crippen molar-refractivity contribution in [2.45, 2.75) is 13.8 Å². The molecule has 0 unspecified atom stereocenters. The van der Waals surface area contributed by atoms with Crippen LogP contribution in [0.2, 0.25) is 0 Å². The van der Waals surface area contributed by atoms with Crippen LogP contribution in [-0.4, -0.2) is 24.5 Å². The fraction of sp³-hybridized carbons (Fsp3) is 0.500. The lowest BCUT2D eigenvalue weighted by Gasteiger charge is -1.99. The summed E-state index contributed by atoms with van der Waals surface area (Å²) in [5, 5.41) is 0. The smallest absolute Gasteiger partial charge is 0.344 e. The molecular formula is C6H8O6. The van der Waals surface area contributed by atoms with Gasteiger partial charge in [-0.05, 0) is 0 Å². The van der Waals surface area contributed by atoms with Gasteiger partial charge in [0.15, 0.2) is 6.61 Å². The molecule has 0 rings (SSSR count). The van der Waals surface area contributed by atoms with Crippen molar-refractivity contribution in [3.63, 3.8) is 0 Å². The number of carbonyl (C=O) groups excluding carboxylic acids is 3. The predicted molar refractivity (Wildman–Crippen MR) is 34.5 cm³/mol. The van der Waals surface area contributed by atoms with Gasteiger partial charge in [0.05, 0.1) is 0 Å². The van der Waals surface area contributed by atoms with Crippen molar-refractivity contribution in [2.75, 3.05) is 6.61 Å². The molecule has 0 aromatic carbocycles. The second kappa shape index (κ2) is 5.25. The largest absolute Gasteiger partial charge is 0.392 e. The Morgan fingerprint density at radius 3 is 2.08 bits per heavy atom. The SMILES string of the molecule is CC(=O)OOCC(=O)OC(C)=O. The number of rotatable bonds is 3. The molecule has 12 heavy (non-hydrogen) atoms. The van der Waals surface area contributed by atoms with E-state index < -0.39 is 24.5 Å². The fourth-order valence-electron chi connectivity index (χ4n) is 0.350. The van der Waals surface area contributed by atoms with E-state index in [4.69, 9.17) is 0 Å². The Balaban J connectivity index is 3.44. The van der Waals surface area contributed by atoms with Gasteiger partial charge < -0.3 is 4.74 Å². The third kappa shape index (κ3) is 6.69. The maximum Gasteiger partial charge on any atom is 0.344 e. The Kier molecular flexibility index (Phi) is 4.62. The van der Waals surface area contributed by atoms with E-state index in [1.807, 2.05) is 0 Å². The van der Waals surface area contributed by atoms with Crippen LogP contribution in [0.3, 0.4) is 0 Å². The van der Waals surface area contributed by atoms with Gasteiger partial charge in [-0.2, -0.15) is 4.89 Å². The van der Waals surface area contributed by atoms with Gasteiger partial charge in [0.2, 0.25) is 0 Å². The molecule has 68 valence electrons. The molecule has 6 nitrogen and oxygen atoms in total. The maximum absolute atomic E-state index is 10.5. The third-order valence-electron chi connectivity index (χ3n) is 0.611. The first-order chi connectivity index (χ1) is 5.52. The van der Waals surface area contributed by atoms with Crippen LogP contribution in [0.1, 0.15) is 13.8 Å². The van der Waals surface area contributed by atoms with Gasteiger partial charge in [-0.1, -0.05) is 0 Å². The third-order valence-corrected chi connectivity index (χ3v) is 0.611. The van der Waals surface area contributed by atoms with Gasteiger partial charge in [-0.25, -0.2) is 9.59 Å². The van der Waals surface area contributed by atoms with Crippen molar-refractivity contribution < 1.29 is 28.9 Å². The van der Waals surface area contributed by atoms with E-state index in [0.717, 1.165) is 13.8 Å². The summed E-state index contributed by atoms with van der Waals surface area (Å²) in [5.41, 5.74) is 0. The van der Waals surface area contributed by atoms with Crippen LogP contribution in [0.4, 0.5) is 0 Å². The minimum Gasteiger partial charge on any atom is -0.392 e. The predicted octanol–water partition coefficient (Wildman–Crippen LogP) is -0.429. The molecule has 0 saturated carbocycles. The summed E-state index contributed by atoms with van der Waals surface area (Å²) >= 11 is 0. The maximum atomic E-state index is 10.5. The Bertz CT molecular complexity index is 196. The summed E-state index contributed by atoms with van der Waals surface area (Å²) in [6, 6.07) is 0. The first kappa shape index (κ1) is 10.6. The van der Waals surface area contributed by atoms with Crippen LogP contribution in [0.25, 0.3) is 0 Å². The van der Waals surface area contributed by atoms with E-state index in [1.165, 1.54) is 0 Å². The Morgan fingerprint density at radius 1 is 1.08 bits per heavy atom. The highest BCUT2D eigenvalue weighted by Gasteiger charge is 2.07. The number of esters is 2. The summed E-state index contributed by atoms with van der Waals surface area (Å²) in [6.07, 6.45) is 0. The van der Waals surface area contributed by atoms with E-state index in [0.29, 0.717) is 0 Å². The molecule has 0 aliphatic carbocycles. The first-order valence-corrected chi connectivity index (χ1v) is 3.03. The van der Waals surface area contributed by atoms with E-state index in [-0.39, 0.29) is 0 Å². The lowest BCUT2D eigenvalue weighted by atomic mass is 10.7. The molecular weight excluding hydrogens is 168 g/mol. The highest BCUT2D eigenvalue weighted by atomic mass is 17.2. The van der Waals surface area contributed by atoms with E-state index in [2.05, 4.69) is 14.5 Å². The van der Waals surface area contributed by atoms with Crippen molar-refractivity contribution in [2.24, 2.45) is 0 Å². The number of ether oxygens (including phenoxy) is 1. The highest BCUT2D eigenvalue weighted by molar-refractivity contribution is 5.84. The second-order valence-corrected chi connectivity index (χ2v) is 1.80.